The maximum absolute atomic E-state index is 12.6. The summed E-state index contributed by atoms with van der Waals surface area (Å²) in [6.07, 6.45) is 43.7. The van der Waals surface area contributed by atoms with Crippen LogP contribution in [0.5, 0.6) is 0 Å². The molecule has 1 atom stereocenters. The molecule has 0 aromatic carbocycles. The number of carboxylic acid groups (broad SMARTS) is 1. The Bertz CT molecular complexity index is 629. The first-order chi connectivity index (χ1) is 21.6. The number of hydrogen-bond donors (Lipinski definition) is 1. The number of esters is 1. The maximum Gasteiger partial charge on any atom is 0.306 e. The van der Waals surface area contributed by atoms with Crippen molar-refractivity contribution in [1.82, 2.24) is 0 Å². The largest absolute Gasteiger partial charge is 0.481 e. The molecule has 0 rings (SSSR count). The van der Waals surface area contributed by atoms with Crippen molar-refractivity contribution < 1.29 is 19.4 Å². The van der Waals surface area contributed by atoms with E-state index in [9.17, 15) is 9.59 Å². The zero-order valence-electron chi connectivity index (χ0n) is 29.7. The lowest BCUT2D eigenvalue weighted by atomic mass is 10.0. The molecule has 0 heterocycles. The predicted molar refractivity (Wildman–Crippen MR) is 190 cm³/mol. The average molecular weight is 621 g/mol. The number of carbonyl (C=O) groups is 2. The molecule has 0 spiro atoms. The van der Waals surface area contributed by atoms with Gasteiger partial charge in [0.05, 0.1) is 0 Å². The molecule has 260 valence electrons. The second kappa shape index (κ2) is 36.2. The second-order valence-corrected chi connectivity index (χ2v) is 13.5. The maximum atomic E-state index is 12.6. The monoisotopic (exact) mass is 621 g/mol. The first-order valence-corrected chi connectivity index (χ1v) is 19.7. The Kier molecular flexibility index (Phi) is 35.1. The van der Waals surface area contributed by atoms with E-state index in [1.807, 2.05) is 0 Å². The van der Waals surface area contributed by atoms with Crippen molar-refractivity contribution in [2.75, 3.05) is 0 Å². The quantitative estimate of drug-likeness (QED) is 0.0430. The highest BCUT2D eigenvalue weighted by molar-refractivity contribution is 5.69. The summed E-state index contributed by atoms with van der Waals surface area (Å²) in [6.45, 7) is 4.55. The molecule has 4 heteroatoms. The molecule has 0 bridgehead atoms. The average Bonchev–Trinajstić information content (AvgIpc) is 3.00. The van der Waals surface area contributed by atoms with Crippen molar-refractivity contribution in [2.24, 2.45) is 0 Å². The molecular formula is C40H76O4. The summed E-state index contributed by atoms with van der Waals surface area (Å²) < 4.78 is 5.98. The van der Waals surface area contributed by atoms with Crippen molar-refractivity contribution in [3.8, 4) is 0 Å². The molecule has 1 unspecified atom stereocenters. The molecule has 0 fully saturated rings. The Balaban J connectivity index is 4.06. The van der Waals surface area contributed by atoms with Crippen LogP contribution in [0.4, 0.5) is 0 Å². The summed E-state index contributed by atoms with van der Waals surface area (Å²) >= 11 is 0. The number of allylic oxidation sites excluding steroid dienone is 2. The molecule has 0 radical (unpaired) electrons. The third-order valence-electron chi connectivity index (χ3n) is 8.99. The minimum absolute atomic E-state index is 0.00947. The second-order valence-electron chi connectivity index (χ2n) is 13.5. The zero-order valence-corrected chi connectivity index (χ0v) is 29.7. The van der Waals surface area contributed by atoms with Gasteiger partial charge in [0.1, 0.15) is 6.10 Å². The molecule has 0 amide bonds. The van der Waals surface area contributed by atoms with Gasteiger partial charge in [0.25, 0.3) is 0 Å². The van der Waals surface area contributed by atoms with Crippen LogP contribution in [0, 0.1) is 0 Å². The number of aliphatic carboxylic acids is 1. The third-order valence-corrected chi connectivity index (χ3v) is 8.99. The lowest BCUT2D eigenvalue weighted by Crippen LogP contribution is -2.18. The van der Waals surface area contributed by atoms with Gasteiger partial charge in [-0.3, -0.25) is 9.59 Å². The summed E-state index contributed by atoms with van der Waals surface area (Å²) in [7, 11) is 0. The van der Waals surface area contributed by atoms with E-state index in [4.69, 9.17) is 9.84 Å². The van der Waals surface area contributed by atoms with E-state index in [0.717, 1.165) is 70.6 Å². The molecule has 0 aliphatic rings. The Morgan fingerprint density at radius 2 is 0.841 bits per heavy atom. The lowest BCUT2D eigenvalue weighted by molar-refractivity contribution is -0.150. The van der Waals surface area contributed by atoms with Gasteiger partial charge in [0, 0.05) is 12.8 Å². The van der Waals surface area contributed by atoms with Gasteiger partial charge in [-0.05, 0) is 57.8 Å². The Morgan fingerprint density at radius 3 is 1.32 bits per heavy atom. The number of carbonyl (C=O) groups excluding carboxylic acids is 1. The van der Waals surface area contributed by atoms with E-state index in [-0.39, 0.29) is 18.5 Å². The van der Waals surface area contributed by atoms with Crippen LogP contribution in [0.15, 0.2) is 12.2 Å². The van der Waals surface area contributed by atoms with Gasteiger partial charge < -0.3 is 9.84 Å². The van der Waals surface area contributed by atoms with Gasteiger partial charge in [0.2, 0.25) is 0 Å². The van der Waals surface area contributed by atoms with Gasteiger partial charge in [-0.1, -0.05) is 167 Å². The molecule has 0 aliphatic heterocycles. The van der Waals surface area contributed by atoms with Gasteiger partial charge in [-0.2, -0.15) is 0 Å². The molecule has 0 saturated carbocycles. The molecule has 1 N–H and O–H groups in total. The number of rotatable bonds is 36. The molecule has 0 aliphatic carbocycles. The minimum Gasteiger partial charge on any atom is -0.481 e. The summed E-state index contributed by atoms with van der Waals surface area (Å²) in [5.74, 6) is -0.711. The van der Waals surface area contributed by atoms with E-state index in [1.165, 1.54) is 128 Å². The lowest BCUT2D eigenvalue weighted by Gasteiger charge is -2.18. The van der Waals surface area contributed by atoms with Gasteiger partial charge >= 0.3 is 11.9 Å². The fourth-order valence-corrected chi connectivity index (χ4v) is 6.07. The topological polar surface area (TPSA) is 63.6 Å². The van der Waals surface area contributed by atoms with Crippen LogP contribution >= 0.6 is 0 Å². The summed E-state index contributed by atoms with van der Waals surface area (Å²) in [5, 5.41) is 8.81. The van der Waals surface area contributed by atoms with E-state index in [0.29, 0.717) is 6.42 Å². The highest BCUT2D eigenvalue weighted by atomic mass is 16.5. The molecule has 44 heavy (non-hydrogen) atoms. The Labute approximate surface area is 275 Å². The molecule has 0 aromatic heterocycles. The molecular weight excluding hydrogens is 544 g/mol. The normalized spacial score (nSPS) is 12.2. The van der Waals surface area contributed by atoms with Crippen molar-refractivity contribution >= 4 is 11.9 Å². The first-order valence-electron chi connectivity index (χ1n) is 19.7. The van der Waals surface area contributed by atoms with Crippen molar-refractivity contribution in [2.45, 2.75) is 232 Å². The fourth-order valence-electron chi connectivity index (χ4n) is 6.07. The van der Waals surface area contributed by atoms with E-state index >= 15 is 0 Å². The number of ether oxygens (including phenoxy) is 1. The van der Waals surface area contributed by atoms with Crippen molar-refractivity contribution in [3.05, 3.63) is 12.2 Å². The van der Waals surface area contributed by atoms with Crippen molar-refractivity contribution in [3.63, 3.8) is 0 Å². The molecule has 0 aromatic rings. The molecule has 4 nitrogen and oxygen atoms in total. The highest BCUT2D eigenvalue weighted by Gasteiger charge is 2.14. The summed E-state index contributed by atoms with van der Waals surface area (Å²) in [4.78, 5) is 23.3. The van der Waals surface area contributed by atoms with Crippen molar-refractivity contribution in [1.29, 1.82) is 0 Å². The van der Waals surface area contributed by atoms with Gasteiger partial charge in [-0.15, -0.1) is 0 Å². The van der Waals surface area contributed by atoms with E-state index in [2.05, 4.69) is 26.0 Å². The van der Waals surface area contributed by atoms with Crippen LogP contribution in [0.1, 0.15) is 226 Å². The Hall–Kier alpha value is -1.32. The number of hydrogen-bond acceptors (Lipinski definition) is 3. The zero-order chi connectivity index (χ0) is 32.2. The fraction of sp³-hybridized carbons (Fsp3) is 0.900. The number of unbranched alkanes of at least 4 members (excludes halogenated alkanes) is 25. The highest BCUT2D eigenvalue weighted by Crippen LogP contribution is 2.18. The van der Waals surface area contributed by atoms with Crippen LogP contribution in [0.25, 0.3) is 0 Å². The smallest absolute Gasteiger partial charge is 0.306 e. The standard InChI is InChI=1S/C40H76O4/c1-3-5-7-9-11-13-15-17-19-21-23-26-30-34-38(35-31-27-25-28-32-36-39(41)42)44-40(43)37-33-29-24-22-20-18-16-14-12-10-8-6-4-2/h21,23,38H,3-20,22,24-37H2,1-2H3,(H,41,42)/b23-21-. The first kappa shape index (κ1) is 42.7. The number of carboxylic acids is 1. The van der Waals surface area contributed by atoms with E-state index in [1.54, 1.807) is 0 Å². The third kappa shape index (κ3) is 35.2. The summed E-state index contributed by atoms with van der Waals surface area (Å²) in [5.41, 5.74) is 0. The van der Waals surface area contributed by atoms with Crippen LogP contribution in [0.2, 0.25) is 0 Å². The predicted octanol–water partition coefficient (Wildman–Crippen LogP) is 13.5. The van der Waals surface area contributed by atoms with Crippen LogP contribution in [0.3, 0.4) is 0 Å². The Morgan fingerprint density at radius 1 is 0.477 bits per heavy atom. The minimum atomic E-state index is -0.702. The van der Waals surface area contributed by atoms with Gasteiger partial charge in [-0.25, -0.2) is 0 Å². The SMILES string of the molecule is CCCCCCCCCC/C=C\CCCC(CCCCCCCC(=O)O)OC(=O)CCCCCCCCCCCCCCC. The van der Waals surface area contributed by atoms with Crippen LogP contribution in [-0.2, 0) is 14.3 Å². The van der Waals surface area contributed by atoms with E-state index < -0.39 is 5.97 Å². The molecule has 0 saturated heterocycles. The van der Waals surface area contributed by atoms with Crippen LogP contribution in [-0.4, -0.2) is 23.1 Å². The van der Waals surface area contributed by atoms with Gasteiger partial charge in [0.15, 0.2) is 0 Å². The summed E-state index contributed by atoms with van der Waals surface area (Å²) in [6, 6.07) is 0. The van der Waals surface area contributed by atoms with Crippen LogP contribution < -0.4 is 0 Å².